The SMILES string of the molecule is Cc1cc(/C(O)=C2\C(=O)C(=O)N(CCCN3CCOCC3)[C@@H]2c2cccnc2)ccc1OCC(C)C. The van der Waals surface area contributed by atoms with Crippen LogP contribution in [0.3, 0.4) is 0 Å². The predicted octanol–water partition coefficient (Wildman–Crippen LogP) is 3.57. The number of hydrogen-bond acceptors (Lipinski definition) is 7. The molecule has 3 heterocycles. The van der Waals surface area contributed by atoms with E-state index < -0.39 is 17.7 Å². The van der Waals surface area contributed by atoms with E-state index in [1.807, 2.05) is 13.0 Å². The second kappa shape index (κ2) is 11.7. The van der Waals surface area contributed by atoms with Crippen molar-refractivity contribution in [2.24, 2.45) is 5.92 Å². The van der Waals surface area contributed by atoms with E-state index in [0.29, 0.717) is 49.8 Å². The highest BCUT2D eigenvalue weighted by molar-refractivity contribution is 6.46. The van der Waals surface area contributed by atoms with Crippen molar-refractivity contribution in [3.8, 4) is 5.75 Å². The summed E-state index contributed by atoms with van der Waals surface area (Å²) in [6.45, 7) is 11.0. The number of aliphatic hydroxyl groups is 1. The monoisotopic (exact) mass is 493 g/mol. The van der Waals surface area contributed by atoms with Crippen molar-refractivity contribution in [3.05, 3.63) is 65.0 Å². The Morgan fingerprint density at radius 1 is 1.19 bits per heavy atom. The number of amides is 1. The zero-order chi connectivity index (χ0) is 25.7. The standard InChI is InChI=1S/C28H35N3O5/c1-19(2)18-36-23-8-7-21(16-20(23)3)26(32)24-25(22-6-4-9-29-17-22)31(28(34)27(24)33)11-5-10-30-12-14-35-15-13-30/h4,6-9,16-17,19,25,32H,5,10-15,18H2,1-3H3/b26-24+/t25-/m1/s1. The number of nitrogens with zero attached hydrogens (tertiary/aromatic N) is 3. The van der Waals surface area contributed by atoms with Gasteiger partial charge in [0.15, 0.2) is 0 Å². The molecule has 1 aromatic carbocycles. The molecule has 2 saturated heterocycles. The number of rotatable bonds is 9. The Morgan fingerprint density at radius 3 is 2.64 bits per heavy atom. The molecule has 36 heavy (non-hydrogen) atoms. The summed E-state index contributed by atoms with van der Waals surface area (Å²) in [7, 11) is 0. The summed E-state index contributed by atoms with van der Waals surface area (Å²) in [5.41, 5.74) is 2.11. The van der Waals surface area contributed by atoms with Crippen LogP contribution in [-0.2, 0) is 14.3 Å². The Morgan fingerprint density at radius 2 is 1.97 bits per heavy atom. The minimum absolute atomic E-state index is 0.0922. The molecule has 2 aromatic rings. The number of ether oxygens (including phenoxy) is 2. The number of morpholine rings is 1. The molecule has 1 aromatic heterocycles. The van der Waals surface area contributed by atoms with Gasteiger partial charge in [0, 0.05) is 44.1 Å². The van der Waals surface area contributed by atoms with Gasteiger partial charge in [0.25, 0.3) is 11.7 Å². The Bertz CT molecular complexity index is 1110. The molecule has 0 spiro atoms. The molecule has 0 bridgehead atoms. The second-order valence-corrected chi connectivity index (χ2v) is 9.77. The largest absolute Gasteiger partial charge is 0.507 e. The molecular weight excluding hydrogens is 458 g/mol. The van der Waals surface area contributed by atoms with E-state index in [4.69, 9.17) is 9.47 Å². The molecule has 8 nitrogen and oxygen atoms in total. The molecule has 1 atom stereocenters. The molecular formula is C28H35N3O5. The van der Waals surface area contributed by atoms with Crippen LogP contribution in [0.4, 0.5) is 0 Å². The van der Waals surface area contributed by atoms with Crippen LogP contribution < -0.4 is 4.74 Å². The fraction of sp³-hybridized carbons (Fsp3) is 0.464. The van der Waals surface area contributed by atoms with E-state index >= 15 is 0 Å². The van der Waals surface area contributed by atoms with Gasteiger partial charge in [-0.25, -0.2) is 0 Å². The molecule has 2 fully saturated rings. The lowest BCUT2D eigenvalue weighted by atomic mass is 9.95. The maximum atomic E-state index is 13.2. The predicted molar refractivity (Wildman–Crippen MR) is 137 cm³/mol. The van der Waals surface area contributed by atoms with E-state index in [2.05, 4.69) is 23.7 Å². The van der Waals surface area contributed by atoms with Crippen LogP contribution in [-0.4, -0.2) is 77.6 Å². The van der Waals surface area contributed by atoms with Crippen LogP contribution in [0.5, 0.6) is 5.75 Å². The number of aromatic nitrogens is 1. The zero-order valence-corrected chi connectivity index (χ0v) is 21.3. The Balaban J connectivity index is 1.63. The summed E-state index contributed by atoms with van der Waals surface area (Å²) in [5, 5.41) is 11.3. The molecule has 0 saturated carbocycles. The fourth-order valence-corrected chi connectivity index (χ4v) is 4.65. The first kappa shape index (κ1) is 25.9. The number of aryl methyl sites for hydroxylation is 1. The minimum Gasteiger partial charge on any atom is -0.507 e. The third kappa shape index (κ3) is 5.77. The number of carbonyl (C=O) groups is 2. The summed E-state index contributed by atoms with van der Waals surface area (Å²) in [4.78, 5) is 34.4. The van der Waals surface area contributed by atoms with E-state index in [1.165, 1.54) is 0 Å². The summed E-state index contributed by atoms with van der Waals surface area (Å²) in [6.07, 6.45) is 4.01. The molecule has 2 aliphatic heterocycles. The van der Waals surface area contributed by atoms with E-state index in [1.54, 1.807) is 41.6 Å². The number of ketones is 1. The van der Waals surface area contributed by atoms with Crippen LogP contribution >= 0.6 is 0 Å². The van der Waals surface area contributed by atoms with Crippen molar-refractivity contribution >= 4 is 17.4 Å². The number of likely N-dealkylation sites (tertiary alicyclic amines) is 1. The van der Waals surface area contributed by atoms with Gasteiger partial charge >= 0.3 is 0 Å². The third-order valence-corrected chi connectivity index (χ3v) is 6.54. The maximum absolute atomic E-state index is 13.2. The Kier molecular flexibility index (Phi) is 8.38. The number of carbonyl (C=O) groups excluding carboxylic acids is 2. The molecule has 1 N–H and O–H groups in total. The second-order valence-electron chi connectivity index (χ2n) is 9.77. The molecule has 0 aliphatic carbocycles. The molecule has 0 radical (unpaired) electrons. The van der Waals surface area contributed by atoms with Gasteiger partial charge in [0.05, 0.1) is 31.4 Å². The number of aliphatic hydroxyl groups excluding tert-OH is 1. The first-order valence-electron chi connectivity index (χ1n) is 12.6. The maximum Gasteiger partial charge on any atom is 0.295 e. The van der Waals surface area contributed by atoms with Crippen molar-refractivity contribution in [2.45, 2.75) is 33.2 Å². The fourth-order valence-electron chi connectivity index (χ4n) is 4.65. The highest BCUT2D eigenvalue weighted by Crippen LogP contribution is 2.39. The first-order chi connectivity index (χ1) is 17.4. The number of Topliss-reactive ketones (excluding diaryl/α,β-unsaturated/α-hetero) is 1. The zero-order valence-electron chi connectivity index (χ0n) is 21.3. The van der Waals surface area contributed by atoms with Crippen molar-refractivity contribution in [3.63, 3.8) is 0 Å². The quantitative estimate of drug-likeness (QED) is 0.324. The number of hydrogen-bond donors (Lipinski definition) is 1. The Hall–Kier alpha value is -3.23. The van der Waals surface area contributed by atoms with Crippen LogP contribution in [0.1, 0.15) is 43.0 Å². The highest BCUT2D eigenvalue weighted by Gasteiger charge is 2.46. The van der Waals surface area contributed by atoms with Crippen molar-refractivity contribution in [1.29, 1.82) is 0 Å². The van der Waals surface area contributed by atoms with Gasteiger partial charge in [-0.2, -0.15) is 0 Å². The summed E-state index contributed by atoms with van der Waals surface area (Å²) in [6, 6.07) is 8.22. The van der Waals surface area contributed by atoms with Gasteiger partial charge in [-0.3, -0.25) is 19.5 Å². The van der Waals surface area contributed by atoms with Crippen molar-refractivity contribution < 1.29 is 24.2 Å². The van der Waals surface area contributed by atoms with Gasteiger partial charge < -0.3 is 19.5 Å². The molecule has 8 heteroatoms. The number of benzene rings is 1. The van der Waals surface area contributed by atoms with Gasteiger partial charge in [-0.15, -0.1) is 0 Å². The van der Waals surface area contributed by atoms with E-state index in [0.717, 1.165) is 30.9 Å². The van der Waals surface area contributed by atoms with Gasteiger partial charge in [-0.05, 0) is 54.7 Å². The van der Waals surface area contributed by atoms with Gasteiger partial charge in [0.1, 0.15) is 11.5 Å². The van der Waals surface area contributed by atoms with Gasteiger partial charge in [0.2, 0.25) is 0 Å². The average Bonchev–Trinajstić information content (AvgIpc) is 3.13. The third-order valence-electron chi connectivity index (χ3n) is 6.54. The lowest BCUT2D eigenvalue weighted by molar-refractivity contribution is -0.140. The summed E-state index contributed by atoms with van der Waals surface area (Å²) < 4.78 is 11.3. The molecule has 0 unspecified atom stereocenters. The van der Waals surface area contributed by atoms with E-state index in [9.17, 15) is 14.7 Å². The van der Waals surface area contributed by atoms with E-state index in [-0.39, 0.29) is 11.3 Å². The molecule has 4 rings (SSSR count). The summed E-state index contributed by atoms with van der Waals surface area (Å²) >= 11 is 0. The average molecular weight is 494 g/mol. The molecule has 1 amide bonds. The lowest BCUT2D eigenvalue weighted by Crippen LogP contribution is -2.39. The topological polar surface area (TPSA) is 92.2 Å². The highest BCUT2D eigenvalue weighted by atomic mass is 16.5. The Labute approximate surface area is 212 Å². The number of pyridine rings is 1. The lowest BCUT2D eigenvalue weighted by Gasteiger charge is -2.29. The summed E-state index contributed by atoms with van der Waals surface area (Å²) in [5.74, 6) is -0.341. The van der Waals surface area contributed by atoms with Crippen LogP contribution in [0, 0.1) is 12.8 Å². The van der Waals surface area contributed by atoms with Crippen LogP contribution in [0.15, 0.2) is 48.3 Å². The minimum atomic E-state index is -0.694. The van der Waals surface area contributed by atoms with Crippen LogP contribution in [0.2, 0.25) is 0 Å². The van der Waals surface area contributed by atoms with Gasteiger partial charge in [-0.1, -0.05) is 19.9 Å². The molecule has 192 valence electrons. The normalized spacial score (nSPS) is 20.3. The molecule has 2 aliphatic rings. The smallest absolute Gasteiger partial charge is 0.295 e. The van der Waals surface area contributed by atoms with Crippen molar-refractivity contribution in [2.75, 3.05) is 46.0 Å². The van der Waals surface area contributed by atoms with Crippen LogP contribution in [0.25, 0.3) is 5.76 Å². The first-order valence-corrected chi connectivity index (χ1v) is 12.6. The van der Waals surface area contributed by atoms with Crippen molar-refractivity contribution in [1.82, 2.24) is 14.8 Å².